The van der Waals surface area contributed by atoms with Crippen molar-refractivity contribution < 1.29 is 14.7 Å². The Balaban J connectivity index is 2.59. The monoisotopic (exact) mass is 221 g/mol. The van der Waals surface area contributed by atoms with Crippen molar-refractivity contribution in [3.05, 3.63) is 29.8 Å². The lowest BCUT2D eigenvalue weighted by molar-refractivity contribution is -0.307. The van der Waals surface area contributed by atoms with Gasteiger partial charge in [-0.1, -0.05) is 18.2 Å². The van der Waals surface area contributed by atoms with E-state index in [1.807, 2.05) is 19.1 Å². The molecule has 2 N–H and O–H groups in total. The van der Waals surface area contributed by atoms with E-state index in [4.69, 9.17) is 0 Å². The van der Waals surface area contributed by atoms with Gasteiger partial charge in [0, 0.05) is 5.69 Å². The van der Waals surface area contributed by atoms with E-state index >= 15 is 0 Å². The lowest BCUT2D eigenvalue weighted by Crippen LogP contribution is -2.47. The van der Waals surface area contributed by atoms with Crippen LogP contribution < -0.4 is 15.7 Å². The first-order valence-corrected chi connectivity index (χ1v) is 4.84. The number of para-hydroxylation sites is 1. The largest absolute Gasteiger partial charge is 0.548 e. The molecule has 0 aliphatic rings. The van der Waals surface area contributed by atoms with Gasteiger partial charge >= 0.3 is 6.03 Å². The molecule has 0 aliphatic carbocycles. The van der Waals surface area contributed by atoms with E-state index in [9.17, 15) is 14.7 Å². The van der Waals surface area contributed by atoms with E-state index < -0.39 is 18.0 Å². The maximum Gasteiger partial charge on any atom is 0.319 e. The highest BCUT2D eigenvalue weighted by molar-refractivity contribution is 5.92. The van der Waals surface area contributed by atoms with Crippen LogP contribution in [0.5, 0.6) is 0 Å². The first-order chi connectivity index (χ1) is 7.50. The van der Waals surface area contributed by atoms with Gasteiger partial charge in [-0.05, 0) is 25.5 Å². The topological polar surface area (TPSA) is 81.3 Å². The van der Waals surface area contributed by atoms with Gasteiger partial charge in [-0.25, -0.2) is 4.79 Å². The molecule has 0 heterocycles. The van der Waals surface area contributed by atoms with E-state index in [2.05, 4.69) is 10.6 Å². The number of hydrogen-bond donors (Lipinski definition) is 2. The van der Waals surface area contributed by atoms with Gasteiger partial charge in [-0.3, -0.25) is 0 Å². The Bertz CT molecular complexity index is 404. The molecule has 2 amide bonds. The molecule has 1 rings (SSSR count). The van der Waals surface area contributed by atoms with Gasteiger partial charge in [0.2, 0.25) is 0 Å². The van der Waals surface area contributed by atoms with Crippen LogP contribution in [0.2, 0.25) is 0 Å². The fourth-order valence-electron chi connectivity index (χ4n) is 1.13. The molecule has 0 saturated heterocycles. The van der Waals surface area contributed by atoms with Gasteiger partial charge in [0.25, 0.3) is 0 Å². The summed E-state index contributed by atoms with van der Waals surface area (Å²) < 4.78 is 0. The summed E-state index contributed by atoms with van der Waals surface area (Å²) in [6.45, 7) is 3.19. The first-order valence-electron chi connectivity index (χ1n) is 4.84. The van der Waals surface area contributed by atoms with Crippen molar-refractivity contribution in [1.29, 1.82) is 0 Å². The number of anilines is 1. The zero-order valence-electron chi connectivity index (χ0n) is 9.11. The Morgan fingerprint density at radius 1 is 1.31 bits per heavy atom. The third kappa shape index (κ3) is 3.27. The summed E-state index contributed by atoms with van der Waals surface area (Å²) in [6.07, 6.45) is 0. The molecule has 86 valence electrons. The van der Waals surface area contributed by atoms with E-state index in [0.29, 0.717) is 5.69 Å². The average molecular weight is 221 g/mol. The van der Waals surface area contributed by atoms with E-state index in [1.54, 1.807) is 12.1 Å². The Hall–Kier alpha value is -2.04. The van der Waals surface area contributed by atoms with E-state index in [0.717, 1.165) is 5.56 Å². The number of nitrogens with one attached hydrogen (secondary N) is 2. The maximum absolute atomic E-state index is 11.4. The zero-order valence-corrected chi connectivity index (χ0v) is 9.11. The van der Waals surface area contributed by atoms with Crippen molar-refractivity contribution >= 4 is 17.7 Å². The van der Waals surface area contributed by atoms with E-state index in [-0.39, 0.29) is 0 Å². The van der Waals surface area contributed by atoms with Crippen LogP contribution in [0, 0.1) is 6.92 Å². The highest BCUT2D eigenvalue weighted by atomic mass is 16.4. The molecule has 0 bridgehead atoms. The number of benzene rings is 1. The molecule has 0 spiro atoms. The lowest BCUT2D eigenvalue weighted by atomic mass is 10.2. The molecule has 1 aromatic rings. The van der Waals surface area contributed by atoms with Crippen LogP contribution in [0.4, 0.5) is 10.5 Å². The Kier molecular flexibility index (Phi) is 3.88. The fraction of sp³-hybridized carbons (Fsp3) is 0.273. The number of carboxylic acids is 1. The number of hydrogen-bond acceptors (Lipinski definition) is 3. The van der Waals surface area contributed by atoms with Gasteiger partial charge < -0.3 is 20.5 Å². The highest BCUT2D eigenvalue weighted by Gasteiger charge is 2.08. The van der Waals surface area contributed by atoms with Gasteiger partial charge in [-0.2, -0.15) is 0 Å². The first kappa shape index (κ1) is 12.0. The molecule has 5 nitrogen and oxygen atoms in total. The summed E-state index contributed by atoms with van der Waals surface area (Å²) >= 11 is 0. The molecular formula is C11H13N2O3-. The normalized spacial score (nSPS) is 11.6. The third-order valence-corrected chi connectivity index (χ3v) is 2.09. The summed E-state index contributed by atoms with van der Waals surface area (Å²) in [6, 6.07) is 5.62. The van der Waals surface area contributed by atoms with Crippen molar-refractivity contribution in [2.45, 2.75) is 19.9 Å². The van der Waals surface area contributed by atoms with Crippen LogP contribution >= 0.6 is 0 Å². The summed E-state index contributed by atoms with van der Waals surface area (Å²) in [7, 11) is 0. The molecular weight excluding hydrogens is 208 g/mol. The highest BCUT2D eigenvalue weighted by Crippen LogP contribution is 2.12. The smallest absolute Gasteiger partial charge is 0.319 e. The van der Waals surface area contributed by atoms with Crippen molar-refractivity contribution in [3.8, 4) is 0 Å². The number of rotatable bonds is 3. The summed E-state index contributed by atoms with van der Waals surface area (Å²) in [5, 5.41) is 15.2. The second-order valence-corrected chi connectivity index (χ2v) is 3.45. The van der Waals surface area contributed by atoms with Crippen molar-refractivity contribution in [2.75, 3.05) is 5.32 Å². The molecule has 1 aromatic carbocycles. The second-order valence-electron chi connectivity index (χ2n) is 3.45. The number of aryl methyl sites for hydroxylation is 1. The number of carboxylic acid groups (broad SMARTS) is 1. The molecule has 0 unspecified atom stereocenters. The van der Waals surface area contributed by atoms with Crippen LogP contribution in [0.15, 0.2) is 24.3 Å². The molecule has 16 heavy (non-hydrogen) atoms. The number of carbonyl (C=O) groups excluding carboxylic acids is 2. The van der Waals surface area contributed by atoms with Gasteiger partial charge in [-0.15, -0.1) is 0 Å². The number of urea groups is 1. The Morgan fingerprint density at radius 2 is 1.94 bits per heavy atom. The minimum atomic E-state index is -1.32. The molecule has 0 aromatic heterocycles. The van der Waals surface area contributed by atoms with Crippen LogP contribution in [0.3, 0.4) is 0 Å². The predicted molar refractivity (Wildman–Crippen MR) is 57.8 cm³/mol. The number of amides is 2. The summed E-state index contributed by atoms with van der Waals surface area (Å²) in [4.78, 5) is 21.8. The zero-order chi connectivity index (χ0) is 12.1. The van der Waals surface area contributed by atoms with Crippen molar-refractivity contribution in [3.63, 3.8) is 0 Å². The molecule has 0 saturated carbocycles. The number of carbonyl (C=O) groups is 2. The number of aliphatic carboxylic acids is 1. The van der Waals surface area contributed by atoms with Gasteiger partial charge in [0.1, 0.15) is 0 Å². The third-order valence-electron chi connectivity index (χ3n) is 2.09. The molecule has 1 atom stereocenters. The minimum absolute atomic E-state index is 0.564. The Morgan fingerprint density at radius 3 is 2.50 bits per heavy atom. The maximum atomic E-state index is 11.4. The standard InChI is InChI=1S/C11H14N2O3/c1-7-5-3-4-6-9(7)13-11(16)12-8(2)10(14)15/h3-6,8H,1-2H3,(H,14,15)(H2,12,13,16)/p-1/t8-/m1/s1. The van der Waals surface area contributed by atoms with Crippen molar-refractivity contribution in [1.82, 2.24) is 5.32 Å². The fourth-order valence-corrected chi connectivity index (χ4v) is 1.13. The van der Waals surface area contributed by atoms with Crippen molar-refractivity contribution in [2.24, 2.45) is 0 Å². The van der Waals surface area contributed by atoms with E-state index in [1.165, 1.54) is 6.92 Å². The average Bonchev–Trinajstić information content (AvgIpc) is 2.21. The molecule has 0 fully saturated rings. The molecule has 5 heteroatoms. The summed E-state index contributed by atoms with van der Waals surface area (Å²) in [5.74, 6) is -1.32. The van der Waals surface area contributed by atoms with Crippen LogP contribution in [0.25, 0.3) is 0 Å². The van der Waals surface area contributed by atoms with Crippen LogP contribution in [-0.4, -0.2) is 18.0 Å². The van der Waals surface area contributed by atoms with Gasteiger partial charge in [0.15, 0.2) is 0 Å². The predicted octanol–water partition coefficient (Wildman–Crippen LogP) is 0.255. The minimum Gasteiger partial charge on any atom is -0.548 e. The second kappa shape index (κ2) is 5.16. The van der Waals surface area contributed by atoms with Gasteiger partial charge in [0.05, 0.1) is 12.0 Å². The Labute approximate surface area is 93.5 Å². The summed E-state index contributed by atoms with van der Waals surface area (Å²) in [5.41, 5.74) is 1.55. The van der Waals surface area contributed by atoms with Crippen LogP contribution in [0.1, 0.15) is 12.5 Å². The molecule has 0 aliphatic heterocycles. The quantitative estimate of drug-likeness (QED) is 0.767. The SMILES string of the molecule is Cc1ccccc1NC(=O)N[C@H](C)C(=O)[O-]. The lowest BCUT2D eigenvalue weighted by Gasteiger charge is -2.15. The van der Waals surface area contributed by atoms with Crippen LogP contribution in [-0.2, 0) is 4.79 Å². The molecule has 0 radical (unpaired) electrons.